The van der Waals surface area contributed by atoms with E-state index in [1.807, 2.05) is 12.1 Å². The highest BCUT2D eigenvalue weighted by Crippen LogP contribution is 2.25. The van der Waals surface area contributed by atoms with Crippen molar-refractivity contribution in [2.45, 2.75) is 6.54 Å². The Balaban J connectivity index is 1.68. The number of pyridine rings is 1. The van der Waals surface area contributed by atoms with Crippen LogP contribution < -0.4 is 5.32 Å². The summed E-state index contributed by atoms with van der Waals surface area (Å²) in [6, 6.07) is 8.59. The number of carbonyl (C=O) groups excluding carboxylic acids is 1. The molecule has 0 bridgehead atoms. The molecule has 1 aromatic heterocycles. The number of benzene rings is 1. The molecule has 2 heterocycles. The molecule has 1 fully saturated rings. The van der Waals surface area contributed by atoms with E-state index in [9.17, 15) is 4.79 Å². The van der Waals surface area contributed by atoms with E-state index in [0.717, 1.165) is 38.4 Å². The number of rotatable bonds is 6. The molecule has 1 aliphatic rings. The molecule has 2 amide bonds. The van der Waals surface area contributed by atoms with E-state index < -0.39 is 0 Å². The second-order valence-corrected chi connectivity index (χ2v) is 7.13. The largest absolute Gasteiger partial charge is 0.379 e. The van der Waals surface area contributed by atoms with Crippen molar-refractivity contribution in [1.29, 1.82) is 0 Å². The molecule has 3 rings (SSSR count). The van der Waals surface area contributed by atoms with Gasteiger partial charge in [-0.1, -0.05) is 29.3 Å². The standard InChI is InChI=1S/C19H22Cl2N4O2/c20-16-3-4-17(21)18(12-16)23-19(26)25(14-15-2-1-5-22-13-15)7-6-24-8-10-27-11-9-24/h1-5,12-13H,6-11,14H2,(H,23,26). The zero-order valence-electron chi connectivity index (χ0n) is 14.9. The number of urea groups is 1. The molecule has 1 N–H and O–H groups in total. The maximum Gasteiger partial charge on any atom is 0.322 e. The van der Waals surface area contributed by atoms with Crippen LogP contribution in [0.2, 0.25) is 10.0 Å². The third kappa shape index (κ3) is 6.07. The zero-order chi connectivity index (χ0) is 19.1. The molecule has 8 heteroatoms. The van der Waals surface area contributed by atoms with Crippen molar-refractivity contribution in [3.8, 4) is 0 Å². The first kappa shape index (κ1) is 19.9. The zero-order valence-corrected chi connectivity index (χ0v) is 16.4. The highest BCUT2D eigenvalue weighted by molar-refractivity contribution is 6.35. The lowest BCUT2D eigenvalue weighted by atomic mass is 10.2. The van der Waals surface area contributed by atoms with Gasteiger partial charge in [-0.3, -0.25) is 9.88 Å². The minimum Gasteiger partial charge on any atom is -0.379 e. The number of amides is 2. The molecule has 144 valence electrons. The monoisotopic (exact) mass is 408 g/mol. The number of nitrogens with zero attached hydrogens (tertiary/aromatic N) is 3. The Bertz CT molecular complexity index is 755. The van der Waals surface area contributed by atoms with Crippen LogP contribution in [-0.4, -0.2) is 60.2 Å². The lowest BCUT2D eigenvalue weighted by molar-refractivity contribution is 0.0349. The number of carbonyl (C=O) groups is 1. The van der Waals surface area contributed by atoms with E-state index >= 15 is 0 Å². The Hall–Kier alpha value is -1.86. The van der Waals surface area contributed by atoms with Gasteiger partial charge in [0.1, 0.15) is 0 Å². The van der Waals surface area contributed by atoms with Crippen molar-refractivity contribution in [2.75, 3.05) is 44.7 Å². The van der Waals surface area contributed by atoms with Crippen LogP contribution in [0.25, 0.3) is 0 Å². The summed E-state index contributed by atoms with van der Waals surface area (Å²) < 4.78 is 5.38. The van der Waals surface area contributed by atoms with Crippen molar-refractivity contribution in [1.82, 2.24) is 14.8 Å². The van der Waals surface area contributed by atoms with Crippen molar-refractivity contribution < 1.29 is 9.53 Å². The fourth-order valence-electron chi connectivity index (χ4n) is 2.84. The van der Waals surface area contributed by atoms with Crippen LogP contribution in [-0.2, 0) is 11.3 Å². The SMILES string of the molecule is O=C(Nc1cc(Cl)ccc1Cl)N(CCN1CCOCC1)Cc1cccnc1. The van der Waals surface area contributed by atoms with Gasteiger partial charge in [0.2, 0.25) is 0 Å². The molecular formula is C19H22Cl2N4O2. The second kappa shape index (κ2) is 9.90. The summed E-state index contributed by atoms with van der Waals surface area (Å²) in [6.07, 6.45) is 3.48. The van der Waals surface area contributed by atoms with Crippen molar-refractivity contribution in [2.24, 2.45) is 0 Å². The molecule has 0 unspecified atom stereocenters. The number of nitrogens with one attached hydrogen (secondary N) is 1. The van der Waals surface area contributed by atoms with Crippen molar-refractivity contribution >= 4 is 34.9 Å². The van der Waals surface area contributed by atoms with Gasteiger partial charge in [-0.15, -0.1) is 0 Å². The topological polar surface area (TPSA) is 57.7 Å². The van der Waals surface area contributed by atoms with Crippen LogP contribution in [0.3, 0.4) is 0 Å². The van der Waals surface area contributed by atoms with E-state index in [-0.39, 0.29) is 6.03 Å². The van der Waals surface area contributed by atoms with Crippen LogP contribution in [0.1, 0.15) is 5.56 Å². The van der Waals surface area contributed by atoms with E-state index in [1.165, 1.54) is 0 Å². The van der Waals surface area contributed by atoms with Crippen LogP contribution in [0, 0.1) is 0 Å². The molecule has 0 radical (unpaired) electrons. The third-order valence-electron chi connectivity index (χ3n) is 4.34. The lowest BCUT2D eigenvalue weighted by Gasteiger charge is -2.30. The summed E-state index contributed by atoms with van der Waals surface area (Å²) in [6.45, 7) is 5.03. The van der Waals surface area contributed by atoms with Crippen molar-refractivity contribution in [3.63, 3.8) is 0 Å². The Labute approximate surface area is 169 Å². The number of ether oxygens (including phenoxy) is 1. The van der Waals surface area contributed by atoms with Gasteiger partial charge >= 0.3 is 6.03 Å². The average Bonchev–Trinajstić information content (AvgIpc) is 2.69. The number of morpholine rings is 1. The average molecular weight is 409 g/mol. The number of hydrogen-bond donors (Lipinski definition) is 1. The maximum atomic E-state index is 12.9. The first-order valence-electron chi connectivity index (χ1n) is 8.82. The van der Waals surface area contributed by atoms with E-state index in [1.54, 1.807) is 35.5 Å². The van der Waals surface area contributed by atoms with Gasteiger partial charge in [0.05, 0.1) is 23.9 Å². The summed E-state index contributed by atoms with van der Waals surface area (Å²) in [7, 11) is 0. The minimum absolute atomic E-state index is 0.226. The van der Waals surface area contributed by atoms with Crippen LogP contribution >= 0.6 is 23.2 Å². The Morgan fingerprint density at radius 2 is 2.07 bits per heavy atom. The fourth-order valence-corrected chi connectivity index (χ4v) is 3.18. The Kier molecular flexibility index (Phi) is 7.29. The Morgan fingerprint density at radius 3 is 2.81 bits per heavy atom. The molecule has 0 spiro atoms. The molecule has 0 saturated carbocycles. The number of hydrogen-bond acceptors (Lipinski definition) is 4. The molecule has 1 aliphatic heterocycles. The molecule has 2 aromatic rings. The normalized spacial score (nSPS) is 14.7. The third-order valence-corrected chi connectivity index (χ3v) is 4.91. The first-order chi connectivity index (χ1) is 13.1. The number of halogens is 2. The van der Waals surface area contributed by atoms with E-state index in [2.05, 4.69) is 15.2 Å². The van der Waals surface area contributed by atoms with Gasteiger partial charge < -0.3 is 15.0 Å². The molecule has 0 atom stereocenters. The maximum absolute atomic E-state index is 12.9. The minimum atomic E-state index is -0.226. The van der Waals surface area contributed by atoms with Gasteiger partial charge in [-0.25, -0.2) is 4.79 Å². The van der Waals surface area contributed by atoms with Crippen LogP contribution in [0.5, 0.6) is 0 Å². The summed E-state index contributed by atoms with van der Waals surface area (Å²) in [5.41, 5.74) is 1.46. The van der Waals surface area contributed by atoms with Gasteiger partial charge in [0.25, 0.3) is 0 Å². The molecule has 1 saturated heterocycles. The molecule has 6 nitrogen and oxygen atoms in total. The van der Waals surface area contributed by atoms with Crippen molar-refractivity contribution in [3.05, 3.63) is 58.3 Å². The predicted molar refractivity (Wildman–Crippen MR) is 107 cm³/mol. The van der Waals surface area contributed by atoms with Gasteiger partial charge in [0.15, 0.2) is 0 Å². The quantitative estimate of drug-likeness (QED) is 0.790. The van der Waals surface area contributed by atoms with E-state index in [0.29, 0.717) is 28.8 Å². The van der Waals surface area contributed by atoms with Gasteiger partial charge in [0, 0.05) is 50.1 Å². The summed E-state index contributed by atoms with van der Waals surface area (Å²) in [5, 5.41) is 3.83. The Morgan fingerprint density at radius 1 is 1.26 bits per heavy atom. The molecule has 27 heavy (non-hydrogen) atoms. The smallest absolute Gasteiger partial charge is 0.322 e. The van der Waals surface area contributed by atoms with Crippen LogP contribution in [0.15, 0.2) is 42.7 Å². The molecule has 0 aliphatic carbocycles. The van der Waals surface area contributed by atoms with Gasteiger partial charge in [-0.05, 0) is 29.8 Å². The molecule has 1 aromatic carbocycles. The lowest BCUT2D eigenvalue weighted by Crippen LogP contribution is -2.44. The summed E-state index contributed by atoms with van der Waals surface area (Å²) >= 11 is 12.2. The summed E-state index contributed by atoms with van der Waals surface area (Å²) in [5.74, 6) is 0. The summed E-state index contributed by atoms with van der Waals surface area (Å²) in [4.78, 5) is 21.1. The molecular weight excluding hydrogens is 387 g/mol. The first-order valence-corrected chi connectivity index (χ1v) is 9.57. The fraction of sp³-hybridized carbons (Fsp3) is 0.368. The number of aromatic nitrogens is 1. The highest BCUT2D eigenvalue weighted by Gasteiger charge is 2.18. The predicted octanol–water partition coefficient (Wildman–Crippen LogP) is 3.75. The van der Waals surface area contributed by atoms with Crippen LogP contribution in [0.4, 0.5) is 10.5 Å². The van der Waals surface area contributed by atoms with Gasteiger partial charge in [-0.2, -0.15) is 0 Å². The second-order valence-electron chi connectivity index (χ2n) is 6.29. The van der Waals surface area contributed by atoms with E-state index in [4.69, 9.17) is 27.9 Å². The highest BCUT2D eigenvalue weighted by atomic mass is 35.5. The number of anilines is 1.